The molecule has 0 aliphatic rings. The Balaban J connectivity index is 1.77. The molecule has 0 unspecified atom stereocenters. The number of benzene rings is 3. The summed E-state index contributed by atoms with van der Waals surface area (Å²) < 4.78 is 0. The lowest BCUT2D eigenvalue weighted by molar-refractivity contribution is 0.101. The molecular formula is C23H22N2O2. The number of anilines is 2. The van der Waals surface area contributed by atoms with E-state index in [0.29, 0.717) is 16.8 Å². The van der Waals surface area contributed by atoms with Crippen LogP contribution < -0.4 is 10.6 Å². The Hall–Kier alpha value is -3.40. The first-order chi connectivity index (χ1) is 13.1. The fourth-order valence-electron chi connectivity index (χ4n) is 2.92. The molecule has 136 valence electrons. The van der Waals surface area contributed by atoms with Gasteiger partial charge in [-0.15, -0.1) is 0 Å². The first-order valence-corrected chi connectivity index (χ1v) is 8.94. The van der Waals surface area contributed by atoms with Crippen molar-refractivity contribution in [3.8, 4) is 0 Å². The lowest BCUT2D eigenvalue weighted by Crippen LogP contribution is -2.16. The van der Waals surface area contributed by atoms with Gasteiger partial charge >= 0.3 is 0 Å². The van der Waals surface area contributed by atoms with E-state index in [0.717, 1.165) is 23.2 Å². The number of nitrogens with one attached hydrogen (secondary N) is 2. The first kappa shape index (κ1) is 18.4. The van der Waals surface area contributed by atoms with Crippen LogP contribution in [0.5, 0.6) is 0 Å². The predicted molar refractivity (Wildman–Crippen MR) is 109 cm³/mol. The number of rotatable bonds is 5. The Kier molecular flexibility index (Phi) is 5.67. The van der Waals surface area contributed by atoms with Gasteiger partial charge in [-0.3, -0.25) is 9.59 Å². The smallest absolute Gasteiger partial charge is 0.255 e. The highest BCUT2D eigenvalue weighted by Gasteiger charge is 2.12. The van der Waals surface area contributed by atoms with E-state index in [4.69, 9.17) is 0 Å². The standard InChI is InChI=1S/C23H22N2O2/c1-3-17-12-7-9-16(2)21(17)25-23(27)19-13-8-14-20(15-19)24-22(26)18-10-5-4-6-11-18/h4-15H,3H2,1-2H3,(H,24,26)(H,25,27). The van der Waals surface area contributed by atoms with Gasteiger partial charge in [0.2, 0.25) is 0 Å². The van der Waals surface area contributed by atoms with Crippen LogP contribution >= 0.6 is 0 Å². The Bertz CT molecular complexity index is 965. The van der Waals surface area contributed by atoms with Crippen molar-refractivity contribution < 1.29 is 9.59 Å². The van der Waals surface area contributed by atoms with Crippen molar-refractivity contribution in [2.24, 2.45) is 0 Å². The van der Waals surface area contributed by atoms with Gasteiger partial charge in [0.15, 0.2) is 0 Å². The number of amides is 2. The van der Waals surface area contributed by atoms with E-state index in [2.05, 4.69) is 17.6 Å². The molecular weight excluding hydrogens is 336 g/mol. The average Bonchev–Trinajstić information content (AvgIpc) is 2.70. The van der Waals surface area contributed by atoms with Crippen LogP contribution in [-0.4, -0.2) is 11.8 Å². The van der Waals surface area contributed by atoms with E-state index < -0.39 is 0 Å². The van der Waals surface area contributed by atoms with Crippen molar-refractivity contribution in [1.29, 1.82) is 0 Å². The van der Waals surface area contributed by atoms with Crippen LogP contribution in [0.15, 0.2) is 72.8 Å². The molecule has 0 saturated carbocycles. The second-order valence-corrected chi connectivity index (χ2v) is 6.32. The van der Waals surface area contributed by atoms with Crippen molar-refractivity contribution in [3.05, 3.63) is 95.1 Å². The van der Waals surface area contributed by atoms with Crippen molar-refractivity contribution >= 4 is 23.2 Å². The molecule has 3 aromatic rings. The molecule has 0 aromatic heterocycles. The Morgan fingerprint density at radius 3 is 2.19 bits per heavy atom. The molecule has 0 bridgehead atoms. The molecule has 0 aliphatic carbocycles. The van der Waals surface area contributed by atoms with Crippen molar-refractivity contribution in [2.75, 3.05) is 10.6 Å². The van der Waals surface area contributed by atoms with Gasteiger partial charge in [0.05, 0.1) is 0 Å². The molecule has 4 nitrogen and oxygen atoms in total. The van der Waals surface area contributed by atoms with Gasteiger partial charge in [-0.1, -0.05) is 49.4 Å². The second kappa shape index (κ2) is 8.32. The fraction of sp³-hybridized carbons (Fsp3) is 0.130. The highest BCUT2D eigenvalue weighted by atomic mass is 16.2. The molecule has 3 rings (SSSR count). The molecule has 27 heavy (non-hydrogen) atoms. The maximum Gasteiger partial charge on any atom is 0.255 e. The minimum atomic E-state index is -0.208. The van der Waals surface area contributed by atoms with Gasteiger partial charge in [0.1, 0.15) is 0 Å². The third-order valence-electron chi connectivity index (χ3n) is 4.40. The van der Waals surface area contributed by atoms with Crippen molar-refractivity contribution in [3.63, 3.8) is 0 Å². The normalized spacial score (nSPS) is 10.3. The molecule has 0 heterocycles. The lowest BCUT2D eigenvalue weighted by atomic mass is 10.1. The lowest BCUT2D eigenvalue weighted by Gasteiger charge is -2.13. The highest BCUT2D eigenvalue weighted by molar-refractivity contribution is 6.07. The molecule has 0 aliphatic heterocycles. The summed E-state index contributed by atoms with van der Waals surface area (Å²) >= 11 is 0. The van der Waals surface area contributed by atoms with E-state index in [-0.39, 0.29) is 11.8 Å². The molecule has 2 N–H and O–H groups in total. The molecule has 0 atom stereocenters. The number of aryl methyl sites for hydroxylation is 2. The van der Waals surface area contributed by atoms with E-state index in [1.54, 1.807) is 36.4 Å². The first-order valence-electron chi connectivity index (χ1n) is 8.94. The average molecular weight is 358 g/mol. The summed E-state index contributed by atoms with van der Waals surface area (Å²) in [5, 5.41) is 5.84. The third-order valence-corrected chi connectivity index (χ3v) is 4.40. The predicted octanol–water partition coefficient (Wildman–Crippen LogP) is 5.06. The van der Waals surface area contributed by atoms with Crippen LogP contribution in [0.25, 0.3) is 0 Å². The van der Waals surface area contributed by atoms with Crippen LogP contribution in [0.1, 0.15) is 38.8 Å². The summed E-state index contributed by atoms with van der Waals surface area (Å²) in [6, 6.07) is 21.9. The Morgan fingerprint density at radius 2 is 1.44 bits per heavy atom. The maximum atomic E-state index is 12.7. The molecule has 4 heteroatoms. The van der Waals surface area contributed by atoms with Crippen LogP contribution in [0.2, 0.25) is 0 Å². The van der Waals surface area contributed by atoms with Gasteiger partial charge in [-0.05, 0) is 54.8 Å². The number of hydrogen-bond acceptors (Lipinski definition) is 2. The van der Waals surface area contributed by atoms with E-state index >= 15 is 0 Å². The highest BCUT2D eigenvalue weighted by Crippen LogP contribution is 2.22. The molecule has 0 saturated heterocycles. The summed E-state index contributed by atoms with van der Waals surface area (Å²) in [7, 11) is 0. The van der Waals surface area contributed by atoms with Crippen LogP contribution in [0.4, 0.5) is 11.4 Å². The van der Waals surface area contributed by atoms with Gasteiger partial charge in [-0.25, -0.2) is 0 Å². The maximum absolute atomic E-state index is 12.7. The van der Waals surface area contributed by atoms with Gasteiger partial charge in [-0.2, -0.15) is 0 Å². The van der Waals surface area contributed by atoms with Crippen LogP contribution in [0, 0.1) is 6.92 Å². The van der Waals surface area contributed by atoms with Crippen molar-refractivity contribution in [2.45, 2.75) is 20.3 Å². The van der Waals surface area contributed by atoms with Crippen LogP contribution in [0.3, 0.4) is 0 Å². The van der Waals surface area contributed by atoms with Gasteiger partial charge < -0.3 is 10.6 Å². The second-order valence-electron chi connectivity index (χ2n) is 6.32. The molecule has 2 amide bonds. The van der Waals surface area contributed by atoms with Gasteiger partial charge in [0, 0.05) is 22.5 Å². The molecule has 3 aromatic carbocycles. The zero-order valence-corrected chi connectivity index (χ0v) is 15.5. The van der Waals surface area contributed by atoms with Crippen LogP contribution in [-0.2, 0) is 6.42 Å². The summed E-state index contributed by atoms with van der Waals surface area (Å²) in [6.45, 7) is 4.04. The topological polar surface area (TPSA) is 58.2 Å². The monoisotopic (exact) mass is 358 g/mol. The summed E-state index contributed by atoms with van der Waals surface area (Å²) in [4.78, 5) is 25.0. The van der Waals surface area contributed by atoms with E-state index in [9.17, 15) is 9.59 Å². The summed E-state index contributed by atoms with van der Waals surface area (Å²) in [5.41, 5.74) is 4.61. The largest absolute Gasteiger partial charge is 0.322 e. The number of hydrogen-bond donors (Lipinski definition) is 2. The minimum absolute atomic E-state index is 0.199. The quantitative estimate of drug-likeness (QED) is 0.669. The number of carbonyl (C=O) groups excluding carboxylic acids is 2. The number of para-hydroxylation sites is 1. The SMILES string of the molecule is CCc1cccc(C)c1NC(=O)c1cccc(NC(=O)c2ccccc2)c1. The zero-order valence-electron chi connectivity index (χ0n) is 15.5. The molecule has 0 fully saturated rings. The van der Waals surface area contributed by atoms with Gasteiger partial charge in [0.25, 0.3) is 11.8 Å². The summed E-state index contributed by atoms with van der Waals surface area (Å²) in [5.74, 6) is -0.407. The van der Waals surface area contributed by atoms with E-state index in [1.807, 2.05) is 43.3 Å². The zero-order chi connectivity index (χ0) is 19.2. The fourth-order valence-corrected chi connectivity index (χ4v) is 2.92. The third kappa shape index (κ3) is 4.42. The Labute approximate surface area is 159 Å². The van der Waals surface area contributed by atoms with Crippen molar-refractivity contribution in [1.82, 2.24) is 0 Å². The minimum Gasteiger partial charge on any atom is -0.322 e. The van der Waals surface area contributed by atoms with E-state index in [1.165, 1.54) is 0 Å². The molecule has 0 spiro atoms. The Morgan fingerprint density at radius 1 is 0.778 bits per heavy atom. The number of carbonyl (C=O) groups is 2. The summed E-state index contributed by atoms with van der Waals surface area (Å²) in [6.07, 6.45) is 0.838. The molecule has 0 radical (unpaired) electrons.